The lowest BCUT2D eigenvalue weighted by Gasteiger charge is -2.46. The zero-order valence-corrected chi connectivity index (χ0v) is 25.8. The number of hydrogen-bond donors (Lipinski definition) is 3. The number of fused-ring (bicyclic) bond motifs is 1. The summed E-state index contributed by atoms with van der Waals surface area (Å²) in [7, 11) is 3.52. The second-order valence-corrected chi connectivity index (χ2v) is 10.8. The van der Waals surface area contributed by atoms with E-state index in [1.807, 2.05) is 11.8 Å². The van der Waals surface area contributed by atoms with Crippen molar-refractivity contribution in [2.45, 2.75) is 38.5 Å². The number of guanidine groups is 1. The Balaban J connectivity index is 1.55. The number of benzene rings is 1. The fourth-order valence-electron chi connectivity index (χ4n) is 5.59. The number of likely N-dealkylation sites (tertiary alicyclic amines) is 1. The molecule has 2 fully saturated rings. The Labute approximate surface area is 255 Å². The SMILES string of the molecule is C[C@@H](O)C1C(=O)N2C(C(=O)OC(=O)c3ccc([N+](=O)[O-])cc3)=C(CN3CC[C@H](N=C(NC(=O)OP)NC(=O)OP)C3)[C@H](C)[C@H]12. The summed E-state index contributed by atoms with van der Waals surface area (Å²) in [5, 5.41) is 25.7. The Morgan fingerprint density at radius 3 is 2.30 bits per heavy atom. The van der Waals surface area contributed by atoms with Gasteiger partial charge in [-0.1, -0.05) is 6.92 Å². The summed E-state index contributed by atoms with van der Waals surface area (Å²) in [5.41, 5.74) is 0.0790. The lowest BCUT2D eigenvalue weighted by atomic mass is 9.77. The van der Waals surface area contributed by atoms with Gasteiger partial charge in [-0.3, -0.25) is 30.4 Å². The van der Waals surface area contributed by atoms with Crippen molar-refractivity contribution < 1.29 is 47.8 Å². The zero-order valence-electron chi connectivity index (χ0n) is 23.5. The van der Waals surface area contributed by atoms with Gasteiger partial charge in [-0.25, -0.2) is 24.2 Å². The number of aliphatic imine (C=N–C) groups is 1. The number of hydrogen-bond acceptors (Lipinski definition) is 13. The van der Waals surface area contributed by atoms with Crippen LogP contribution in [0.3, 0.4) is 0 Å². The van der Waals surface area contributed by atoms with Crippen molar-refractivity contribution in [3.8, 4) is 0 Å². The van der Waals surface area contributed by atoms with Crippen molar-refractivity contribution in [1.29, 1.82) is 0 Å². The fourth-order valence-corrected chi connectivity index (χ4v) is 5.70. The number of amides is 3. The van der Waals surface area contributed by atoms with E-state index in [0.717, 1.165) is 24.3 Å². The number of nitrogens with one attached hydrogen (secondary N) is 2. The monoisotopic (exact) mass is 652 g/mol. The first-order valence-corrected chi connectivity index (χ1v) is 14.2. The third kappa shape index (κ3) is 6.86. The van der Waals surface area contributed by atoms with Gasteiger partial charge in [0.2, 0.25) is 11.9 Å². The largest absolute Gasteiger partial charge is 0.435 e. The number of carbonyl (C=O) groups is 5. The first-order valence-electron chi connectivity index (χ1n) is 13.3. The summed E-state index contributed by atoms with van der Waals surface area (Å²) >= 11 is 0. The topological polar surface area (TPSA) is 219 Å². The van der Waals surface area contributed by atoms with Crippen molar-refractivity contribution in [3.63, 3.8) is 0 Å². The third-order valence-corrected chi connectivity index (χ3v) is 8.04. The Hall–Kier alpha value is -4.04. The predicted octanol–water partition coefficient (Wildman–Crippen LogP) is 0.853. The highest BCUT2D eigenvalue weighted by Gasteiger charge is 2.60. The molecule has 1 aromatic carbocycles. The summed E-state index contributed by atoms with van der Waals surface area (Å²) in [6, 6.07) is 3.58. The molecule has 1 aromatic rings. The second kappa shape index (κ2) is 13.7. The van der Waals surface area contributed by atoms with Gasteiger partial charge >= 0.3 is 24.1 Å². The number of esters is 2. The van der Waals surface area contributed by atoms with Crippen molar-refractivity contribution >= 4 is 60.6 Å². The van der Waals surface area contributed by atoms with Crippen molar-refractivity contribution in [2.75, 3.05) is 19.6 Å². The lowest BCUT2D eigenvalue weighted by molar-refractivity contribution is -0.384. The summed E-state index contributed by atoms with van der Waals surface area (Å²) < 4.78 is 14.1. The van der Waals surface area contributed by atoms with Crippen molar-refractivity contribution in [2.24, 2.45) is 16.8 Å². The maximum atomic E-state index is 13.4. The van der Waals surface area contributed by atoms with Gasteiger partial charge in [0.25, 0.3) is 5.69 Å². The van der Waals surface area contributed by atoms with Crippen molar-refractivity contribution in [3.05, 3.63) is 51.2 Å². The van der Waals surface area contributed by atoms with Crippen LogP contribution in [0.4, 0.5) is 15.3 Å². The highest BCUT2D eigenvalue weighted by atomic mass is 31.0. The minimum absolute atomic E-state index is 0.0954. The Morgan fingerprint density at radius 2 is 1.75 bits per heavy atom. The molecule has 236 valence electrons. The zero-order chi connectivity index (χ0) is 32.3. The van der Waals surface area contributed by atoms with Crippen LogP contribution in [-0.4, -0.2) is 93.6 Å². The molecule has 0 aromatic heterocycles. The van der Waals surface area contributed by atoms with Crippen LogP contribution < -0.4 is 10.6 Å². The molecule has 3 aliphatic heterocycles. The minimum Gasteiger partial charge on any atom is -0.435 e. The number of carbonyl (C=O) groups excluding carboxylic acids is 5. The average molecular weight is 652 g/mol. The summed E-state index contributed by atoms with van der Waals surface area (Å²) in [6.07, 6.45) is -2.27. The van der Waals surface area contributed by atoms with Crippen LogP contribution in [-0.2, 0) is 23.4 Å². The first-order chi connectivity index (χ1) is 20.9. The van der Waals surface area contributed by atoms with Crippen molar-refractivity contribution in [1.82, 2.24) is 20.4 Å². The molecular formula is C25H30N6O11P2. The minimum atomic E-state index is -1.06. The van der Waals surface area contributed by atoms with Crippen LogP contribution >= 0.6 is 18.9 Å². The highest BCUT2D eigenvalue weighted by molar-refractivity contribution is 7.11. The van der Waals surface area contributed by atoms with Crippen LogP contribution in [0, 0.1) is 22.0 Å². The normalized spacial score (nSPS) is 23.2. The number of nitro groups is 1. The van der Waals surface area contributed by atoms with Gasteiger partial charge in [0, 0.05) is 37.7 Å². The quantitative estimate of drug-likeness (QED) is 0.0546. The van der Waals surface area contributed by atoms with E-state index in [2.05, 4.69) is 24.7 Å². The number of nitrogens with zero attached hydrogens (tertiary/aromatic N) is 4. The van der Waals surface area contributed by atoms with Crippen LogP contribution in [0.25, 0.3) is 0 Å². The van der Waals surface area contributed by atoms with Gasteiger partial charge in [0.15, 0.2) is 0 Å². The Morgan fingerprint density at radius 1 is 1.14 bits per heavy atom. The van der Waals surface area contributed by atoms with Gasteiger partial charge in [-0.15, -0.1) is 0 Å². The summed E-state index contributed by atoms with van der Waals surface area (Å²) in [4.78, 5) is 80.4. The molecule has 2 saturated heterocycles. The van der Waals surface area contributed by atoms with E-state index in [-0.39, 0.29) is 35.4 Å². The molecule has 0 aliphatic carbocycles. The maximum absolute atomic E-state index is 13.4. The molecule has 0 radical (unpaired) electrons. The number of aliphatic hydroxyl groups excluding tert-OH is 1. The molecule has 3 amide bonds. The molecular weight excluding hydrogens is 622 g/mol. The third-order valence-electron chi connectivity index (χ3n) is 7.62. The van der Waals surface area contributed by atoms with Gasteiger partial charge in [-0.2, -0.15) is 0 Å². The van der Waals surface area contributed by atoms with E-state index in [1.54, 1.807) is 18.9 Å². The molecule has 3 N–H and O–H groups in total. The van der Waals surface area contributed by atoms with E-state index in [9.17, 15) is 39.2 Å². The average Bonchev–Trinajstić information content (AvgIpc) is 3.52. The molecule has 7 atom stereocenters. The van der Waals surface area contributed by atoms with Gasteiger partial charge in [0.05, 0.1) is 53.5 Å². The fraction of sp³-hybridized carbons (Fsp3) is 0.440. The molecule has 17 nitrogen and oxygen atoms in total. The number of aliphatic hydroxyl groups is 1. The second-order valence-electron chi connectivity index (χ2n) is 10.3. The number of nitro benzene ring substituents is 1. The number of β-lactam (4-membered cyclic amide) rings is 1. The molecule has 19 heteroatoms. The van der Waals surface area contributed by atoms with Gasteiger partial charge < -0.3 is 23.8 Å². The van der Waals surface area contributed by atoms with E-state index in [4.69, 9.17) is 4.74 Å². The molecule has 0 saturated carbocycles. The summed E-state index contributed by atoms with van der Waals surface area (Å²) in [6.45, 7) is 4.31. The Bertz CT molecular complexity index is 1410. The number of rotatable bonds is 7. The predicted molar refractivity (Wildman–Crippen MR) is 156 cm³/mol. The van der Waals surface area contributed by atoms with Crippen LogP contribution in [0.5, 0.6) is 0 Å². The molecule has 3 unspecified atom stereocenters. The van der Waals surface area contributed by atoms with E-state index >= 15 is 0 Å². The molecule has 4 rings (SSSR count). The molecule has 3 aliphatic rings. The van der Waals surface area contributed by atoms with E-state index < -0.39 is 59.1 Å². The summed E-state index contributed by atoms with van der Waals surface area (Å²) in [5.74, 6) is -3.92. The van der Waals surface area contributed by atoms with Gasteiger partial charge in [0.1, 0.15) is 5.70 Å². The smallest absolute Gasteiger partial charge is 0.416 e. The molecule has 0 bridgehead atoms. The van der Waals surface area contributed by atoms with Gasteiger partial charge in [-0.05, 0) is 31.1 Å². The number of non-ortho nitro benzene ring substituents is 1. The highest BCUT2D eigenvalue weighted by Crippen LogP contribution is 2.47. The molecule has 0 spiro atoms. The lowest BCUT2D eigenvalue weighted by Crippen LogP contribution is -2.63. The first kappa shape index (κ1) is 32.9. The van der Waals surface area contributed by atoms with E-state index in [0.29, 0.717) is 25.1 Å². The van der Waals surface area contributed by atoms with Crippen LogP contribution in [0.1, 0.15) is 30.6 Å². The maximum Gasteiger partial charge on any atom is 0.416 e. The standard InChI is InChI=1S/C25H30N6O11P2/c1-11-16(10-29-8-7-14(9-29)26-23(27-24(36)41-43)28-25(37)42-44)19(30-18(11)17(12(2)32)20(30)33)22(35)40-21(34)13-3-5-15(6-4-13)31(38)39/h3-6,11-12,14,17-18,32H,7-10,43-44H2,1-2H3,(H2,26,27,28,36,37)/t11-,12+,14-,17?,18+/m0/s1. The van der Waals surface area contributed by atoms with Crippen LogP contribution in [0.2, 0.25) is 0 Å². The van der Waals surface area contributed by atoms with Crippen LogP contribution in [0.15, 0.2) is 40.5 Å². The molecule has 44 heavy (non-hydrogen) atoms. The molecule has 3 heterocycles. The van der Waals surface area contributed by atoms with E-state index in [1.165, 1.54) is 11.8 Å². The number of ether oxygens (including phenoxy) is 1. The Kier molecular flexibility index (Phi) is 10.3.